The van der Waals surface area contributed by atoms with Crippen molar-refractivity contribution in [1.29, 1.82) is 0 Å². The number of amides is 2. The molecule has 5 nitrogen and oxygen atoms in total. The minimum absolute atomic E-state index is 0.0138. The van der Waals surface area contributed by atoms with E-state index in [1.54, 1.807) is 29.2 Å². The number of benzene rings is 3. The van der Waals surface area contributed by atoms with Crippen LogP contribution in [-0.4, -0.2) is 52.8 Å². The van der Waals surface area contributed by atoms with Gasteiger partial charge in [0.15, 0.2) is 0 Å². The monoisotopic (exact) mass is 545 g/mol. The number of H-pyrrole nitrogens is 1. The van der Waals surface area contributed by atoms with Gasteiger partial charge in [-0.05, 0) is 65.2 Å². The average molecular weight is 546 g/mol. The predicted octanol–water partition coefficient (Wildman–Crippen LogP) is 5.66. The summed E-state index contributed by atoms with van der Waals surface area (Å²) in [5.74, 6) is -0.344. The summed E-state index contributed by atoms with van der Waals surface area (Å²) in [6.45, 7) is 1.96. The van der Waals surface area contributed by atoms with Gasteiger partial charge >= 0.3 is 0 Å². The van der Waals surface area contributed by atoms with Gasteiger partial charge in [0.25, 0.3) is 0 Å². The number of carbonyl (C=O) groups excluding carboxylic acids is 2. The second-order valence-electron chi connectivity index (χ2n) is 8.80. The largest absolute Gasteiger partial charge is 0.354 e. The molecule has 1 aliphatic rings. The first-order chi connectivity index (χ1) is 17.5. The molecule has 7 heteroatoms. The Kier molecular flexibility index (Phi) is 7.00. The third-order valence-electron chi connectivity index (χ3n) is 6.49. The summed E-state index contributed by atoms with van der Waals surface area (Å²) in [4.78, 5) is 32.9. The fourth-order valence-corrected chi connectivity index (χ4v) is 4.99. The fraction of sp³-hybridized carbons (Fsp3) is 0.172. The van der Waals surface area contributed by atoms with E-state index in [4.69, 9.17) is 0 Å². The molecule has 1 aromatic heterocycles. The normalized spacial score (nSPS) is 14.1. The molecule has 0 saturated carbocycles. The number of nitrogens with zero attached hydrogens (tertiary/aromatic N) is 2. The summed E-state index contributed by atoms with van der Waals surface area (Å²) in [5.41, 5.74) is 4.45. The lowest BCUT2D eigenvalue weighted by molar-refractivity contribution is -0.136. The van der Waals surface area contributed by atoms with Crippen LogP contribution in [0.2, 0.25) is 0 Å². The molecular formula is C29H25BrFN3O2. The molecule has 0 spiro atoms. The van der Waals surface area contributed by atoms with E-state index in [1.165, 1.54) is 12.1 Å². The minimum atomic E-state index is -0.300. The maximum Gasteiger partial charge on any atom is 0.246 e. The molecule has 1 saturated heterocycles. The van der Waals surface area contributed by atoms with Crippen LogP contribution in [0.1, 0.15) is 11.1 Å². The Morgan fingerprint density at radius 1 is 0.917 bits per heavy atom. The highest BCUT2D eigenvalue weighted by Crippen LogP contribution is 2.31. The van der Waals surface area contributed by atoms with Crippen LogP contribution in [0, 0.1) is 5.82 Å². The van der Waals surface area contributed by atoms with E-state index in [0.29, 0.717) is 26.2 Å². The first-order valence-corrected chi connectivity index (χ1v) is 12.6. The number of hydrogen-bond donors (Lipinski definition) is 1. The Morgan fingerprint density at radius 2 is 1.64 bits per heavy atom. The summed E-state index contributed by atoms with van der Waals surface area (Å²) in [6.07, 6.45) is 3.62. The first-order valence-electron chi connectivity index (χ1n) is 11.8. The zero-order valence-corrected chi connectivity index (χ0v) is 21.2. The molecule has 182 valence electrons. The molecular weight excluding hydrogens is 521 g/mol. The van der Waals surface area contributed by atoms with Gasteiger partial charge in [0.2, 0.25) is 11.8 Å². The van der Waals surface area contributed by atoms with Crippen molar-refractivity contribution in [2.24, 2.45) is 0 Å². The van der Waals surface area contributed by atoms with Crippen molar-refractivity contribution >= 4 is 44.7 Å². The van der Waals surface area contributed by atoms with E-state index in [-0.39, 0.29) is 24.1 Å². The summed E-state index contributed by atoms with van der Waals surface area (Å²) >= 11 is 3.44. The van der Waals surface area contributed by atoms with Gasteiger partial charge in [-0.15, -0.1) is 0 Å². The zero-order valence-electron chi connectivity index (χ0n) is 19.6. The van der Waals surface area contributed by atoms with Crippen LogP contribution in [0.15, 0.2) is 83.3 Å². The average Bonchev–Trinajstić information content (AvgIpc) is 3.26. The second-order valence-corrected chi connectivity index (χ2v) is 9.72. The number of rotatable bonds is 5. The van der Waals surface area contributed by atoms with E-state index < -0.39 is 0 Å². The van der Waals surface area contributed by atoms with Crippen LogP contribution in [0.5, 0.6) is 0 Å². The van der Waals surface area contributed by atoms with Crippen LogP contribution in [0.25, 0.3) is 28.2 Å². The number of piperazine rings is 1. The third kappa shape index (κ3) is 5.26. The van der Waals surface area contributed by atoms with Gasteiger partial charge < -0.3 is 14.8 Å². The van der Waals surface area contributed by atoms with Gasteiger partial charge in [-0.1, -0.05) is 46.3 Å². The molecule has 1 N–H and O–H groups in total. The molecule has 3 aromatic carbocycles. The minimum Gasteiger partial charge on any atom is -0.354 e. The highest BCUT2D eigenvalue weighted by Gasteiger charge is 2.25. The van der Waals surface area contributed by atoms with Gasteiger partial charge in [0.1, 0.15) is 5.82 Å². The fourth-order valence-electron chi connectivity index (χ4n) is 4.57. The Hall–Kier alpha value is -3.71. The highest BCUT2D eigenvalue weighted by molar-refractivity contribution is 9.10. The molecule has 1 fully saturated rings. The Morgan fingerprint density at radius 3 is 2.39 bits per heavy atom. The van der Waals surface area contributed by atoms with E-state index in [1.807, 2.05) is 53.4 Å². The van der Waals surface area contributed by atoms with Crippen molar-refractivity contribution in [3.05, 3.63) is 100 Å². The predicted molar refractivity (Wildman–Crippen MR) is 144 cm³/mol. The quantitative estimate of drug-likeness (QED) is 0.329. The number of para-hydroxylation sites is 1. The van der Waals surface area contributed by atoms with E-state index in [9.17, 15) is 14.0 Å². The topological polar surface area (TPSA) is 56.4 Å². The van der Waals surface area contributed by atoms with Crippen LogP contribution in [-0.2, 0) is 16.0 Å². The lowest BCUT2D eigenvalue weighted by atomic mass is 10.0. The second kappa shape index (κ2) is 10.5. The molecule has 5 rings (SSSR count). The number of halogens is 2. The maximum atomic E-state index is 13.5. The van der Waals surface area contributed by atoms with Crippen molar-refractivity contribution in [2.75, 3.05) is 26.2 Å². The molecule has 4 aromatic rings. The molecule has 1 aliphatic heterocycles. The SMILES string of the molecule is O=C(/C=C/c1cccc(Br)c1)N1CCN(C(=O)Cc2c(-c3ccc(F)cc3)[nH]c3ccccc23)CC1. The lowest BCUT2D eigenvalue weighted by Gasteiger charge is -2.34. The highest BCUT2D eigenvalue weighted by atomic mass is 79.9. The van der Waals surface area contributed by atoms with E-state index >= 15 is 0 Å². The van der Waals surface area contributed by atoms with Gasteiger partial charge in [-0.2, -0.15) is 0 Å². The molecule has 2 amide bonds. The van der Waals surface area contributed by atoms with Gasteiger partial charge in [-0.3, -0.25) is 9.59 Å². The van der Waals surface area contributed by atoms with Crippen molar-refractivity contribution in [2.45, 2.75) is 6.42 Å². The van der Waals surface area contributed by atoms with Crippen LogP contribution in [0.4, 0.5) is 4.39 Å². The molecule has 0 bridgehead atoms. The number of aromatic nitrogens is 1. The summed E-state index contributed by atoms with van der Waals surface area (Å²) in [7, 11) is 0. The van der Waals surface area contributed by atoms with Crippen LogP contribution in [0.3, 0.4) is 0 Å². The Labute approximate surface area is 217 Å². The van der Waals surface area contributed by atoms with E-state index in [0.717, 1.165) is 37.8 Å². The molecule has 0 unspecified atom stereocenters. The van der Waals surface area contributed by atoms with Gasteiger partial charge in [0.05, 0.1) is 12.1 Å². The number of fused-ring (bicyclic) bond motifs is 1. The maximum absolute atomic E-state index is 13.5. The Bertz CT molecular complexity index is 1440. The van der Waals surface area contributed by atoms with Gasteiger partial charge in [0, 0.05) is 47.6 Å². The van der Waals surface area contributed by atoms with Crippen molar-refractivity contribution in [1.82, 2.24) is 14.8 Å². The summed E-state index contributed by atoms with van der Waals surface area (Å²) in [6, 6.07) is 21.9. The molecule has 0 aliphatic carbocycles. The number of hydrogen-bond acceptors (Lipinski definition) is 2. The number of carbonyl (C=O) groups is 2. The van der Waals surface area contributed by atoms with E-state index in [2.05, 4.69) is 20.9 Å². The molecule has 0 atom stereocenters. The standard InChI is InChI=1S/C29H25BrFN3O2/c30-22-5-3-4-20(18-22)8-13-27(35)33-14-16-34(17-15-33)28(36)19-25-24-6-1-2-7-26(24)32-29(25)21-9-11-23(31)12-10-21/h1-13,18,32H,14-17,19H2/b13-8+. The van der Waals surface area contributed by atoms with Crippen molar-refractivity contribution in [3.63, 3.8) is 0 Å². The Balaban J connectivity index is 1.26. The lowest BCUT2D eigenvalue weighted by Crippen LogP contribution is -2.50. The van der Waals surface area contributed by atoms with Crippen molar-refractivity contribution in [3.8, 4) is 11.3 Å². The molecule has 2 heterocycles. The molecule has 36 heavy (non-hydrogen) atoms. The van der Waals surface area contributed by atoms with Gasteiger partial charge in [-0.25, -0.2) is 4.39 Å². The van der Waals surface area contributed by atoms with Crippen LogP contribution < -0.4 is 0 Å². The van der Waals surface area contributed by atoms with Crippen molar-refractivity contribution < 1.29 is 14.0 Å². The zero-order chi connectivity index (χ0) is 25.1. The summed E-state index contributed by atoms with van der Waals surface area (Å²) in [5, 5.41) is 0.983. The number of nitrogens with one attached hydrogen (secondary N) is 1. The van der Waals surface area contributed by atoms with Crippen LogP contribution >= 0.6 is 15.9 Å². The summed E-state index contributed by atoms with van der Waals surface area (Å²) < 4.78 is 14.5. The third-order valence-corrected chi connectivity index (χ3v) is 6.98. The number of aromatic amines is 1. The first kappa shape index (κ1) is 24.0. The molecule has 0 radical (unpaired) electrons. The smallest absolute Gasteiger partial charge is 0.246 e.